The molecule has 0 aliphatic carbocycles. The molecule has 0 N–H and O–H groups in total. The summed E-state index contributed by atoms with van der Waals surface area (Å²) in [6.45, 7) is 14.8. The van der Waals surface area contributed by atoms with Crippen molar-refractivity contribution in [2.45, 2.75) is 43.7 Å². The molecular weight excluding hydrogens is 312 g/mol. The summed E-state index contributed by atoms with van der Waals surface area (Å²) in [6, 6.07) is 6.20. The average Bonchev–Trinajstić information content (AvgIpc) is 2.82. The van der Waals surface area contributed by atoms with Gasteiger partial charge in [-0.15, -0.1) is 11.3 Å². The molecule has 22 heavy (non-hydrogen) atoms. The fourth-order valence-electron chi connectivity index (χ4n) is 2.11. The third-order valence-electron chi connectivity index (χ3n) is 3.30. The summed E-state index contributed by atoms with van der Waals surface area (Å²) in [6.07, 6.45) is 0. The molecule has 0 aliphatic rings. The molecule has 0 fully saturated rings. The van der Waals surface area contributed by atoms with E-state index in [4.69, 9.17) is 9.72 Å². The number of hydrogen-bond donors (Lipinski definition) is 0. The highest BCUT2D eigenvalue weighted by molar-refractivity contribution is 8.02. The molecule has 0 aliphatic heterocycles. The van der Waals surface area contributed by atoms with E-state index < -0.39 is 0 Å². The van der Waals surface area contributed by atoms with E-state index in [9.17, 15) is 0 Å². The molecule has 3 nitrogen and oxygen atoms in total. The van der Waals surface area contributed by atoms with Crippen molar-refractivity contribution < 1.29 is 4.74 Å². The van der Waals surface area contributed by atoms with E-state index in [0.29, 0.717) is 0 Å². The first-order valence-corrected chi connectivity index (χ1v) is 9.49. The van der Waals surface area contributed by atoms with Gasteiger partial charge < -0.3 is 9.64 Å². The zero-order valence-corrected chi connectivity index (χ0v) is 15.8. The van der Waals surface area contributed by atoms with Crippen LogP contribution in [-0.2, 0) is 0 Å². The first-order valence-electron chi connectivity index (χ1n) is 7.86. The first-order chi connectivity index (χ1) is 10.4. The smallest absolute Gasteiger partial charge is 0.151 e. The molecule has 1 heterocycles. The van der Waals surface area contributed by atoms with E-state index in [1.54, 1.807) is 11.3 Å². The van der Waals surface area contributed by atoms with Crippen LogP contribution in [0.4, 0.5) is 0 Å². The van der Waals surface area contributed by atoms with E-state index >= 15 is 0 Å². The van der Waals surface area contributed by atoms with Crippen molar-refractivity contribution in [1.82, 2.24) is 9.88 Å². The Morgan fingerprint density at radius 2 is 1.95 bits per heavy atom. The van der Waals surface area contributed by atoms with Crippen LogP contribution < -0.4 is 4.74 Å². The van der Waals surface area contributed by atoms with Crippen LogP contribution in [0.1, 0.15) is 34.6 Å². The van der Waals surface area contributed by atoms with Crippen LogP contribution in [0.15, 0.2) is 22.5 Å². The number of thioether (sulfide) groups is 1. The number of rotatable bonds is 7. The largest absolute Gasteiger partial charge is 0.492 e. The van der Waals surface area contributed by atoms with Crippen molar-refractivity contribution in [2.75, 3.05) is 26.2 Å². The van der Waals surface area contributed by atoms with Crippen LogP contribution in [0, 0.1) is 0 Å². The van der Waals surface area contributed by atoms with Crippen molar-refractivity contribution in [3.63, 3.8) is 0 Å². The molecule has 1 aromatic heterocycles. The topological polar surface area (TPSA) is 25.4 Å². The zero-order chi connectivity index (χ0) is 16.2. The summed E-state index contributed by atoms with van der Waals surface area (Å²) in [4.78, 5) is 7.06. The van der Waals surface area contributed by atoms with E-state index in [1.165, 1.54) is 4.70 Å². The molecular formula is C17H26N2OS2. The lowest BCUT2D eigenvalue weighted by Gasteiger charge is -2.17. The summed E-state index contributed by atoms with van der Waals surface area (Å²) < 4.78 is 8.41. The summed E-state index contributed by atoms with van der Waals surface area (Å²) in [5.41, 5.74) is 1.06. The van der Waals surface area contributed by atoms with Gasteiger partial charge >= 0.3 is 0 Å². The minimum Gasteiger partial charge on any atom is -0.492 e. The predicted octanol–water partition coefficient (Wildman–Crippen LogP) is 4.91. The monoisotopic (exact) mass is 338 g/mol. The highest BCUT2D eigenvalue weighted by Gasteiger charge is 2.15. The van der Waals surface area contributed by atoms with Gasteiger partial charge in [0.1, 0.15) is 12.4 Å². The van der Waals surface area contributed by atoms with Gasteiger partial charge in [-0.25, -0.2) is 4.98 Å². The second kappa shape index (κ2) is 7.66. The van der Waals surface area contributed by atoms with Crippen LogP contribution in [-0.4, -0.2) is 40.9 Å². The predicted molar refractivity (Wildman–Crippen MR) is 98.5 cm³/mol. The number of aromatic nitrogens is 1. The first kappa shape index (κ1) is 17.6. The van der Waals surface area contributed by atoms with Crippen LogP contribution in [0.3, 0.4) is 0 Å². The Kier molecular flexibility index (Phi) is 6.12. The Bertz CT molecular complexity index is 600. The molecule has 0 unspecified atom stereocenters. The molecule has 0 spiro atoms. The van der Waals surface area contributed by atoms with Crippen LogP contribution in [0.2, 0.25) is 0 Å². The van der Waals surface area contributed by atoms with Crippen LogP contribution in [0.25, 0.3) is 10.2 Å². The van der Waals surface area contributed by atoms with Gasteiger partial charge in [-0.3, -0.25) is 0 Å². The third-order valence-corrected chi connectivity index (χ3v) is 5.50. The summed E-state index contributed by atoms with van der Waals surface area (Å²) in [5.74, 6) is 0.940. The molecule has 0 amide bonds. The van der Waals surface area contributed by atoms with Crippen molar-refractivity contribution in [2.24, 2.45) is 0 Å². The number of nitrogens with zero attached hydrogens (tertiary/aromatic N) is 2. The van der Waals surface area contributed by atoms with Gasteiger partial charge in [0, 0.05) is 11.3 Å². The summed E-state index contributed by atoms with van der Waals surface area (Å²) >= 11 is 3.57. The zero-order valence-electron chi connectivity index (χ0n) is 14.2. The fraction of sp³-hybridized carbons (Fsp3) is 0.588. The van der Waals surface area contributed by atoms with Crippen molar-refractivity contribution in [3.8, 4) is 5.75 Å². The molecule has 0 radical (unpaired) electrons. The standard InChI is InChI=1S/C17H26N2OS2/c1-6-19(7-2)10-11-20-13-8-9-14-15(12-13)21-16(18-14)22-17(3,4)5/h8-9,12H,6-7,10-11H2,1-5H3. The molecule has 2 rings (SSSR count). The third kappa shape index (κ3) is 5.14. The average molecular weight is 339 g/mol. The SMILES string of the molecule is CCN(CC)CCOc1ccc2nc(SC(C)(C)C)sc2c1. The normalized spacial score (nSPS) is 12.3. The Hall–Kier alpha value is -0.780. The Labute approximate surface area is 142 Å². The van der Waals surface area contributed by atoms with Gasteiger partial charge in [0.15, 0.2) is 4.34 Å². The van der Waals surface area contributed by atoms with Crippen molar-refractivity contribution in [1.29, 1.82) is 0 Å². The molecule has 1 aromatic carbocycles. The van der Waals surface area contributed by atoms with E-state index in [2.05, 4.69) is 51.7 Å². The number of thiazole rings is 1. The molecule has 2 aromatic rings. The highest BCUT2D eigenvalue weighted by atomic mass is 32.2. The maximum atomic E-state index is 5.89. The van der Waals surface area contributed by atoms with Gasteiger partial charge in [-0.05, 0) is 31.3 Å². The highest BCUT2D eigenvalue weighted by Crippen LogP contribution is 2.37. The lowest BCUT2D eigenvalue weighted by atomic mass is 10.3. The molecule has 0 bridgehead atoms. The molecule has 122 valence electrons. The number of likely N-dealkylation sites (N-methyl/N-ethyl adjacent to an activating group) is 1. The maximum Gasteiger partial charge on any atom is 0.151 e. The van der Waals surface area contributed by atoms with E-state index in [0.717, 1.165) is 41.8 Å². The summed E-state index contributed by atoms with van der Waals surface area (Å²) in [5, 5.41) is 0. The minimum absolute atomic E-state index is 0.191. The van der Waals surface area contributed by atoms with Gasteiger partial charge in [-0.1, -0.05) is 46.4 Å². The summed E-state index contributed by atoms with van der Waals surface area (Å²) in [7, 11) is 0. The van der Waals surface area contributed by atoms with Crippen molar-refractivity contribution >= 4 is 33.3 Å². The Morgan fingerprint density at radius 1 is 1.23 bits per heavy atom. The maximum absolute atomic E-state index is 5.89. The number of fused-ring (bicyclic) bond motifs is 1. The lowest BCUT2D eigenvalue weighted by Crippen LogP contribution is -2.27. The Balaban J connectivity index is 2.01. The number of hydrogen-bond acceptors (Lipinski definition) is 5. The quantitative estimate of drug-likeness (QED) is 0.670. The van der Waals surface area contributed by atoms with Gasteiger partial charge in [0.2, 0.25) is 0 Å². The lowest BCUT2D eigenvalue weighted by molar-refractivity contribution is 0.223. The minimum atomic E-state index is 0.191. The van der Waals surface area contributed by atoms with Crippen molar-refractivity contribution in [3.05, 3.63) is 18.2 Å². The Morgan fingerprint density at radius 3 is 2.59 bits per heavy atom. The molecule has 0 saturated carbocycles. The van der Waals surface area contributed by atoms with Gasteiger partial charge in [0.25, 0.3) is 0 Å². The second-order valence-corrected chi connectivity index (χ2v) is 9.30. The molecule has 0 atom stereocenters. The van der Waals surface area contributed by atoms with Gasteiger partial charge in [0.05, 0.1) is 10.2 Å². The van der Waals surface area contributed by atoms with E-state index in [-0.39, 0.29) is 4.75 Å². The molecule has 0 saturated heterocycles. The number of benzene rings is 1. The van der Waals surface area contributed by atoms with E-state index in [1.807, 2.05) is 17.8 Å². The van der Waals surface area contributed by atoms with Gasteiger partial charge in [-0.2, -0.15) is 0 Å². The van der Waals surface area contributed by atoms with Crippen LogP contribution >= 0.6 is 23.1 Å². The fourth-order valence-corrected chi connectivity index (χ4v) is 4.69. The second-order valence-electron chi connectivity index (χ2n) is 6.20. The number of ether oxygens (including phenoxy) is 1. The molecule has 5 heteroatoms. The van der Waals surface area contributed by atoms with Crippen LogP contribution in [0.5, 0.6) is 5.75 Å².